The van der Waals surface area contributed by atoms with Gasteiger partial charge in [-0.3, -0.25) is 4.57 Å². The zero-order valence-electron chi connectivity index (χ0n) is 18.5. The number of nitrogens with zero attached hydrogens (tertiary/aromatic N) is 4. The van der Waals surface area contributed by atoms with Crippen LogP contribution in [0.4, 0.5) is 23.5 Å². The minimum absolute atomic E-state index is 0.0702. The van der Waals surface area contributed by atoms with Crippen molar-refractivity contribution in [2.75, 3.05) is 18.0 Å². The van der Waals surface area contributed by atoms with Gasteiger partial charge >= 0.3 is 11.9 Å². The molecule has 2 aromatic rings. The molecule has 0 fully saturated rings. The summed E-state index contributed by atoms with van der Waals surface area (Å²) >= 11 is 0. The molecule has 0 radical (unpaired) electrons. The highest BCUT2D eigenvalue weighted by Crippen LogP contribution is 2.25. The summed E-state index contributed by atoms with van der Waals surface area (Å²) in [6.07, 6.45) is -0.193. The van der Waals surface area contributed by atoms with Crippen molar-refractivity contribution in [3.63, 3.8) is 0 Å². The fraction of sp³-hybridized carbons (Fsp3) is 0.348. The summed E-state index contributed by atoms with van der Waals surface area (Å²) in [5.74, 6) is 0.288. The number of nitrogens with two attached hydrogens (primary N) is 1. The first kappa shape index (κ1) is 24.4. The molecular formula is C23H25F4N5O. The van der Waals surface area contributed by atoms with Crippen LogP contribution in [0.3, 0.4) is 0 Å². The molecule has 0 aliphatic carbocycles. The van der Waals surface area contributed by atoms with Crippen LogP contribution in [0.1, 0.15) is 25.2 Å². The number of aryl methyl sites for hydroxylation is 1. The highest BCUT2D eigenvalue weighted by molar-refractivity contribution is 5.72. The van der Waals surface area contributed by atoms with Crippen molar-refractivity contribution < 1.29 is 17.6 Å². The maximum Gasteiger partial charge on any atom is 0.412 e. The molecule has 33 heavy (non-hydrogen) atoms. The molecule has 2 N–H and O–H groups in total. The highest BCUT2D eigenvalue weighted by atomic mass is 19.4. The van der Waals surface area contributed by atoms with E-state index in [2.05, 4.69) is 9.97 Å². The van der Waals surface area contributed by atoms with E-state index in [-0.39, 0.29) is 24.4 Å². The van der Waals surface area contributed by atoms with Crippen molar-refractivity contribution >= 4 is 11.5 Å². The molecule has 0 bridgehead atoms. The van der Waals surface area contributed by atoms with E-state index in [4.69, 9.17) is 5.73 Å². The van der Waals surface area contributed by atoms with Gasteiger partial charge in [0.15, 0.2) is 0 Å². The van der Waals surface area contributed by atoms with E-state index in [1.54, 1.807) is 30.9 Å². The lowest BCUT2D eigenvalue weighted by Crippen LogP contribution is -2.44. The van der Waals surface area contributed by atoms with Crippen LogP contribution in [0.25, 0.3) is 5.57 Å². The van der Waals surface area contributed by atoms with Gasteiger partial charge in [0.25, 0.3) is 0 Å². The molecule has 0 amide bonds. The van der Waals surface area contributed by atoms with Crippen LogP contribution in [-0.4, -0.2) is 39.8 Å². The SMILES string of the molecule is C/C(=C\C=C(/C)C(F)(F)F)Cn1c(C)nc(N2CC=C(c3ccc(F)cc3)[C@@H](N)C2)nc1=O. The fourth-order valence-electron chi connectivity index (χ4n) is 3.41. The summed E-state index contributed by atoms with van der Waals surface area (Å²) in [6, 6.07) is 5.69. The maximum atomic E-state index is 13.2. The average molecular weight is 463 g/mol. The summed E-state index contributed by atoms with van der Waals surface area (Å²) in [5.41, 5.74) is 7.27. The van der Waals surface area contributed by atoms with Crippen LogP contribution in [-0.2, 0) is 6.54 Å². The van der Waals surface area contributed by atoms with Crippen molar-refractivity contribution in [1.29, 1.82) is 0 Å². The molecule has 1 aliphatic rings. The van der Waals surface area contributed by atoms with Gasteiger partial charge < -0.3 is 10.6 Å². The highest BCUT2D eigenvalue weighted by Gasteiger charge is 2.29. The van der Waals surface area contributed by atoms with E-state index in [0.717, 1.165) is 24.1 Å². The van der Waals surface area contributed by atoms with Crippen molar-refractivity contribution in [3.8, 4) is 0 Å². The summed E-state index contributed by atoms with van der Waals surface area (Å²) < 4.78 is 52.4. The first-order valence-corrected chi connectivity index (χ1v) is 10.3. The molecule has 176 valence electrons. The van der Waals surface area contributed by atoms with Crippen LogP contribution in [0.2, 0.25) is 0 Å². The van der Waals surface area contributed by atoms with Crippen LogP contribution in [0.15, 0.2) is 58.4 Å². The quantitative estimate of drug-likeness (QED) is 0.540. The zero-order valence-corrected chi connectivity index (χ0v) is 18.5. The number of alkyl halides is 3. The van der Waals surface area contributed by atoms with E-state index in [1.807, 2.05) is 6.08 Å². The Morgan fingerprint density at radius 2 is 1.85 bits per heavy atom. The molecule has 2 heterocycles. The zero-order chi connectivity index (χ0) is 24.3. The third-order valence-electron chi connectivity index (χ3n) is 5.36. The standard InChI is InChI=1S/C23H25F4N5O/c1-14(4-5-15(2)23(25,26)27)12-32-16(3)29-21(30-22(32)33)31-11-10-19(20(28)13-31)17-6-8-18(24)9-7-17/h4-10,20H,11-13,28H2,1-3H3/b14-4+,15-5+/t20-/m0/s1. The van der Waals surface area contributed by atoms with E-state index in [9.17, 15) is 22.4 Å². The predicted molar refractivity (Wildman–Crippen MR) is 119 cm³/mol. The smallest absolute Gasteiger partial charge is 0.335 e. The molecule has 0 spiro atoms. The number of benzene rings is 1. The summed E-state index contributed by atoms with van der Waals surface area (Å²) in [6.45, 7) is 5.11. The Morgan fingerprint density at radius 1 is 1.18 bits per heavy atom. The van der Waals surface area contributed by atoms with Crippen molar-refractivity contribution in [2.24, 2.45) is 5.73 Å². The molecular weight excluding hydrogens is 438 g/mol. The van der Waals surface area contributed by atoms with Gasteiger partial charge in [-0.2, -0.15) is 23.1 Å². The van der Waals surface area contributed by atoms with Gasteiger partial charge in [0.05, 0.1) is 0 Å². The summed E-state index contributed by atoms with van der Waals surface area (Å²) in [5, 5.41) is 0. The van der Waals surface area contributed by atoms with Gasteiger partial charge in [-0.1, -0.05) is 35.9 Å². The lowest BCUT2D eigenvalue weighted by molar-refractivity contribution is -0.0913. The number of hydrogen-bond acceptors (Lipinski definition) is 5. The minimum Gasteiger partial charge on any atom is -0.335 e. The fourth-order valence-corrected chi connectivity index (χ4v) is 3.41. The van der Waals surface area contributed by atoms with E-state index in [1.165, 1.54) is 22.8 Å². The number of aromatic nitrogens is 3. The van der Waals surface area contributed by atoms with Gasteiger partial charge in [0, 0.05) is 31.2 Å². The summed E-state index contributed by atoms with van der Waals surface area (Å²) in [7, 11) is 0. The molecule has 0 unspecified atom stereocenters. The first-order chi connectivity index (χ1) is 15.5. The molecule has 3 rings (SSSR count). The Bertz CT molecular complexity index is 1160. The average Bonchev–Trinajstić information content (AvgIpc) is 2.74. The third kappa shape index (κ3) is 5.95. The number of halogens is 4. The van der Waals surface area contributed by atoms with Crippen LogP contribution >= 0.6 is 0 Å². The van der Waals surface area contributed by atoms with Crippen molar-refractivity contribution in [1.82, 2.24) is 14.5 Å². The first-order valence-electron chi connectivity index (χ1n) is 10.3. The second-order valence-corrected chi connectivity index (χ2v) is 7.98. The number of anilines is 1. The molecule has 0 saturated carbocycles. The lowest BCUT2D eigenvalue weighted by atomic mass is 9.95. The largest absolute Gasteiger partial charge is 0.412 e. The Labute approximate surface area is 188 Å². The van der Waals surface area contributed by atoms with Crippen molar-refractivity contribution in [3.05, 3.63) is 81.3 Å². The maximum absolute atomic E-state index is 13.2. The van der Waals surface area contributed by atoms with Gasteiger partial charge in [-0.25, -0.2) is 9.18 Å². The van der Waals surface area contributed by atoms with E-state index >= 15 is 0 Å². The van der Waals surface area contributed by atoms with Crippen LogP contribution in [0, 0.1) is 12.7 Å². The van der Waals surface area contributed by atoms with Gasteiger partial charge in [0.2, 0.25) is 5.95 Å². The molecule has 1 aromatic heterocycles. The molecule has 10 heteroatoms. The number of hydrogen-bond donors (Lipinski definition) is 1. The van der Waals surface area contributed by atoms with Crippen molar-refractivity contribution in [2.45, 2.75) is 39.5 Å². The normalized spacial score (nSPS) is 17.9. The molecule has 1 atom stereocenters. The predicted octanol–water partition coefficient (Wildman–Crippen LogP) is 3.77. The van der Waals surface area contributed by atoms with Gasteiger partial charge in [-0.05, 0) is 44.0 Å². The lowest BCUT2D eigenvalue weighted by Gasteiger charge is -2.31. The Kier molecular flexibility index (Phi) is 7.16. The van der Waals surface area contributed by atoms with Gasteiger partial charge in [-0.15, -0.1) is 0 Å². The minimum atomic E-state index is -4.39. The van der Waals surface area contributed by atoms with Gasteiger partial charge in [0.1, 0.15) is 11.6 Å². The Hall–Kier alpha value is -3.27. The third-order valence-corrected chi connectivity index (χ3v) is 5.36. The number of allylic oxidation sites excluding steroid dienone is 4. The monoisotopic (exact) mass is 463 g/mol. The molecule has 6 nitrogen and oxygen atoms in total. The van der Waals surface area contributed by atoms with E-state index in [0.29, 0.717) is 24.5 Å². The second-order valence-electron chi connectivity index (χ2n) is 7.98. The van der Waals surface area contributed by atoms with Crippen LogP contribution < -0.4 is 16.3 Å². The number of rotatable bonds is 5. The Balaban J connectivity index is 1.78. The topological polar surface area (TPSA) is 77.0 Å². The Morgan fingerprint density at radius 3 is 2.42 bits per heavy atom. The molecule has 1 aromatic carbocycles. The second kappa shape index (κ2) is 9.70. The van der Waals surface area contributed by atoms with Crippen LogP contribution in [0.5, 0.6) is 0 Å². The van der Waals surface area contributed by atoms with E-state index < -0.39 is 17.4 Å². The summed E-state index contributed by atoms with van der Waals surface area (Å²) in [4.78, 5) is 22.9. The molecule has 0 saturated heterocycles. The molecule has 1 aliphatic heterocycles.